The van der Waals surface area contributed by atoms with Gasteiger partial charge in [-0.25, -0.2) is 4.68 Å². The van der Waals surface area contributed by atoms with E-state index in [-0.39, 0.29) is 0 Å². The summed E-state index contributed by atoms with van der Waals surface area (Å²) in [5.74, 6) is 0. The van der Waals surface area contributed by atoms with E-state index < -0.39 is 0 Å². The molecule has 1 N–H and O–H groups in total. The molecule has 5 heteroatoms. The molecular weight excluding hydrogens is 346 g/mol. The summed E-state index contributed by atoms with van der Waals surface area (Å²) in [4.78, 5) is 2.67. The topological polar surface area (TPSA) is 29.9 Å². The second-order valence-corrected chi connectivity index (χ2v) is 6.99. The van der Waals surface area contributed by atoms with Gasteiger partial charge in [0, 0.05) is 39.7 Å². The molecule has 0 unspecified atom stereocenters. The third-order valence-electron chi connectivity index (χ3n) is 3.27. The largest absolute Gasteiger partial charge is 0.308 e. The lowest BCUT2D eigenvalue weighted by atomic mass is 10.2. The van der Waals surface area contributed by atoms with Gasteiger partial charge in [0.1, 0.15) is 0 Å². The average molecular weight is 362 g/mol. The number of benzene rings is 1. The molecule has 0 aliphatic carbocycles. The van der Waals surface area contributed by atoms with Gasteiger partial charge in [0.2, 0.25) is 0 Å². The molecule has 3 rings (SSSR count). The summed E-state index contributed by atoms with van der Waals surface area (Å²) in [5.41, 5.74) is 2.37. The number of aryl methyl sites for hydroxylation is 1. The third kappa shape index (κ3) is 3.43. The summed E-state index contributed by atoms with van der Waals surface area (Å²) >= 11 is 5.39. The Labute approximate surface area is 136 Å². The minimum atomic E-state index is 0.824. The summed E-state index contributed by atoms with van der Waals surface area (Å²) in [6, 6.07) is 12.5. The standard InChI is InChI=1S/C16H16BrN3S/c1-12-15(17)9-14(21-12)11-18-10-13-5-2-3-6-16(13)20-8-4-7-19-20/h2-9,18H,10-11H2,1H3. The highest BCUT2D eigenvalue weighted by Crippen LogP contribution is 2.26. The van der Waals surface area contributed by atoms with Crippen LogP contribution < -0.4 is 5.32 Å². The van der Waals surface area contributed by atoms with Crippen molar-refractivity contribution in [3.05, 3.63) is 68.6 Å². The van der Waals surface area contributed by atoms with E-state index in [4.69, 9.17) is 0 Å². The van der Waals surface area contributed by atoms with E-state index in [1.165, 1.54) is 19.8 Å². The lowest BCUT2D eigenvalue weighted by molar-refractivity contribution is 0.693. The first-order valence-corrected chi connectivity index (χ1v) is 8.38. The zero-order valence-corrected chi connectivity index (χ0v) is 14.1. The Balaban J connectivity index is 1.68. The SMILES string of the molecule is Cc1sc(CNCc2ccccc2-n2cccn2)cc1Br. The number of nitrogens with one attached hydrogen (secondary N) is 1. The van der Waals surface area contributed by atoms with Crippen LogP contribution in [0.3, 0.4) is 0 Å². The van der Waals surface area contributed by atoms with E-state index >= 15 is 0 Å². The highest BCUT2D eigenvalue weighted by molar-refractivity contribution is 9.10. The fourth-order valence-electron chi connectivity index (χ4n) is 2.22. The van der Waals surface area contributed by atoms with Crippen molar-refractivity contribution >= 4 is 27.3 Å². The molecule has 0 fully saturated rings. The Bertz CT molecular complexity index is 699. The Hall–Kier alpha value is -1.43. The molecule has 2 aromatic heterocycles. The molecule has 1 aromatic carbocycles. The molecule has 0 amide bonds. The minimum absolute atomic E-state index is 0.824. The Morgan fingerprint density at radius 3 is 2.81 bits per heavy atom. The van der Waals surface area contributed by atoms with Gasteiger partial charge in [-0.1, -0.05) is 18.2 Å². The molecule has 3 nitrogen and oxygen atoms in total. The summed E-state index contributed by atoms with van der Waals surface area (Å²) in [5, 5.41) is 7.82. The number of hydrogen-bond donors (Lipinski definition) is 1. The van der Waals surface area contributed by atoms with E-state index in [1.807, 2.05) is 34.3 Å². The van der Waals surface area contributed by atoms with Crippen molar-refractivity contribution in [2.24, 2.45) is 0 Å². The first-order valence-electron chi connectivity index (χ1n) is 6.77. The van der Waals surface area contributed by atoms with Crippen LogP contribution in [0.25, 0.3) is 5.69 Å². The fraction of sp³-hybridized carbons (Fsp3) is 0.188. The summed E-state index contributed by atoms with van der Waals surface area (Å²) in [6.07, 6.45) is 3.77. The fourth-order valence-corrected chi connectivity index (χ4v) is 3.79. The predicted molar refractivity (Wildman–Crippen MR) is 90.9 cm³/mol. The van der Waals surface area contributed by atoms with Crippen LogP contribution in [0.1, 0.15) is 15.3 Å². The van der Waals surface area contributed by atoms with Crippen LogP contribution in [0.15, 0.2) is 53.3 Å². The number of aromatic nitrogens is 2. The molecule has 0 saturated carbocycles. The molecule has 0 aliphatic rings. The molecule has 0 saturated heterocycles. The second kappa shape index (κ2) is 6.56. The highest BCUT2D eigenvalue weighted by atomic mass is 79.9. The Kier molecular flexibility index (Phi) is 4.53. The number of thiophene rings is 1. The molecule has 0 radical (unpaired) electrons. The number of rotatable bonds is 5. The van der Waals surface area contributed by atoms with Crippen molar-refractivity contribution in [3.8, 4) is 5.69 Å². The molecule has 2 heterocycles. The van der Waals surface area contributed by atoms with E-state index in [0.29, 0.717) is 0 Å². The van der Waals surface area contributed by atoms with Crippen molar-refractivity contribution in [1.29, 1.82) is 0 Å². The van der Waals surface area contributed by atoms with E-state index in [2.05, 4.69) is 57.5 Å². The van der Waals surface area contributed by atoms with Gasteiger partial charge in [0.05, 0.1) is 5.69 Å². The van der Waals surface area contributed by atoms with Crippen LogP contribution in [0, 0.1) is 6.92 Å². The van der Waals surface area contributed by atoms with Crippen LogP contribution >= 0.6 is 27.3 Å². The van der Waals surface area contributed by atoms with Gasteiger partial charge in [-0.3, -0.25) is 0 Å². The first kappa shape index (κ1) is 14.5. The number of hydrogen-bond acceptors (Lipinski definition) is 3. The van der Waals surface area contributed by atoms with Gasteiger partial charge in [0.15, 0.2) is 0 Å². The van der Waals surface area contributed by atoms with Crippen LogP contribution in [0.4, 0.5) is 0 Å². The van der Waals surface area contributed by atoms with Gasteiger partial charge in [-0.05, 0) is 46.6 Å². The Morgan fingerprint density at radius 1 is 1.24 bits per heavy atom. The molecule has 108 valence electrons. The maximum absolute atomic E-state index is 4.31. The smallest absolute Gasteiger partial charge is 0.0690 e. The number of nitrogens with zero attached hydrogens (tertiary/aromatic N) is 2. The molecule has 0 spiro atoms. The average Bonchev–Trinajstić information content (AvgIpc) is 3.11. The predicted octanol–water partition coefficient (Wildman–Crippen LogP) is 4.29. The summed E-state index contributed by atoms with van der Waals surface area (Å²) < 4.78 is 3.10. The third-order valence-corrected chi connectivity index (χ3v) is 5.40. The normalized spacial score (nSPS) is 11.0. The number of para-hydroxylation sites is 1. The van der Waals surface area contributed by atoms with Crippen LogP contribution in [-0.4, -0.2) is 9.78 Å². The molecule has 0 bridgehead atoms. The summed E-state index contributed by atoms with van der Waals surface area (Å²) in [7, 11) is 0. The molecule has 3 aromatic rings. The van der Waals surface area contributed by atoms with Crippen molar-refractivity contribution in [2.75, 3.05) is 0 Å². The van der Waals surface area contributed by atoms with Gasteiger partial charge in [-0.2, -0.15) is 5.10 Å². The zero-order chi connectivity index (χ0) is 14.7. The quantitative estimate of drug-likeness (QED) is 0.734. The molecule has 0 atom stereocenters. The van der Waals surface area contributed by atoms with Gasteiger partial charge in [0.25, 0.3) is 0 Å². The lowest BCUT2D eigenvalue weighted by Crippen LogP contribution is -2.14. The van der Waals surface area contributed by atoms with E-state index in [1.54, 1.807) is 6.20 Å². The minimum Gasteiger partial charge on any atom is -0.308 e. The van der Waals surface area contributed by atoms with Crippen molar-refractivity contribution in [1.82, 2.24) is 15.1 Å². The van der Waals surface area contributed by atoms with Crippen molar-refractivity contribution in [2.45, 2.75) is 20.0 Å². The zero-order valence-electron chi connectivity index (χ0n) is 11.7. The molecular formula is C16H16BrN3S. The second-order valence-electron chi connectivity index (χ2n) is 4.80. The van der Waals surface area contributed by atoms with Crippen molar-refractivity contribution in [3.63, 3.8) is 0 Å². The van der Waals surface area contributed by atoms with Crippen LogP contribution in [0.2, 0.25) is 0 Å². The Morgan fingerprint density at radius 2 is 2.10 bits per heavy atom. The maximum Gasteiger partial charge on any atom is 0.0690 e. The van der Waals surface area contributed by atoms with Crippen molar-refractivity contribution < 1.29 is 0 Å². The first-order chi connectivity index (χ1) is 10.2. The lowest BCUT2D eigenvalue weighted by Gasteiger charge is -2.10. The van der Waals surface area contributed by atoms with Gasteiger partial charge < -0.3 is 5.32 Å². The maximum atomic E-state index is 4.31. The number of halogens is 1. The van der Waals surface area contributed by atoms with E-state index in [9.17, 15) is 0 Å². The molecule has 21 heavy (non-hydrogen) atoms. The van der Waals surface area contributed by atoms with Crippen LogP contribution in [-0.2, 0) is 13.1 Å². The van der Waals surface area contributed by atoms with Crippen LogP contribution in [0.5, 0.6) is 0 Å². The highest BCUT2D eigenvalue weighted by Gasteiger charge is 2.05. The van der Waals surface area contributed by atoms with Gasteiger partial charge >= 0.3 is 0 Å². The molecule has 0 aliphatic heterocycles. The monoisotopic (exact) mass is 361 g/mol. The van der Waals surface area contributed by atoms with Gasteiger partial charge in [-0.15, -0.1) is 11.3 Å². The van der Waals surface area contributed by atoms with E-state index in [0.717, 1.165) is 18.8 Å². The summed E-state index contributed by atoms with van der Waals surface area (Å²) in [6.45, 7) is 3.83.